The molecule has 1 amide bonds. The second kappa shape index (κ2) is 9.83. The van der Waals surface area contributed by atoms with Crippen LogP contribution in [0.2, 0.25) is 0 Å². The molecular weight excluding hydrogens is 410 g/mol. The Bertz CT molecular complexity index is 1010. The highest BCUT2D eigenvalue weighted by Gasteiger charge is 2.29. The number of hydrogen-bond donors (Lipinski definition) is 1. The standard InChI is InChI=1S/C24H33N3O3S/c1-18-7-12-23(15-19(18)2)27(31(4,29)30)20(3)24(28)25-16-21-8-10-22(11-9-21)17-26-13-5-6-14-26/h7-12,15,20H,5-6,13-14,16-17H2,1-4H3,(H,25,28)/t20-/m1/s1. The molecule has 1 atom stereocenters. The Kier molecular flexibility index (Phi) is 7.38. The van der Waals surface area contributed by atoms with E-state index in [4.69, 9.17) is 0 Å². The normalized spacial score (nSPS) is 15.6. The summed E-state index contributed by atoms with van der Waals surface area (Å²) >= 11 is 0. The van der Waals surface area contributed by atoms with Crippen molar-refractivity contribution in [1.82, 2.24) is 10.2 Å². The number of benzene rings is 2. The highest BCUT2D eigenvalue weighted by Crippen LogP contribution is 2.24. The van der Waals surface area contributed by atoms with Crippen LogP contribution in [0.1, 0.15) is 42.0 Å². The van der Waals surface area contributed by atoms with Crippen molar-refractivity contribution in [3.8, 4) is 0 Å². The number of carbonyl (C=O) groups excluding carboxylic acids is 1. The molecule has 1 heterocycles. The summed E-state index contributed by atoms with van der Waals surface area (Å²) in [6.45, 7) is 9.15. The van der Waals surface area contributed by atoms with Crippen LogP contribution in [-0.2, 0) is 27.9 Å². The molecule has 168 valence electrons. The second-order valence-corrected chi connectivity index (χ2v) is 10.4. The van der Waals surface area contributed by atoms with Gasteiger partial charge in [-0.1, -0.05) is 30.3 Å². The average Bonchev–Trinajstić information content (AvgIpc) is 3.22. The third-order valence-corrected chi connectivity index (χ3v) is 7.17. The lowest BCUT2D eigenvalue weighted by molar-refractivity contribution is -0.122. The molecule has 0 radical (unpaired) electrons. The average molecular weight is 444 g/mol. The van der Waals surface area contributed by atoms with E-state index in [0.29, 0.717) is 12.2 Å². The SMILES string of the molecule is Cc1ccc(N([C@H](C)C(=O)NCc2ccc(CN3CCCC3)cc2)S(C)(=O)=O)cc1C. The number of likely N-dealkylation sites (tertiary alicyclic amines) is 1. The molecule has 2 aromatic rings. The van der Waals surface area contributed by atoms with Crippen molar-refractivity contribution in [2.75, 3.05) is 23.7 Å². The lowest BCUT2D eigenvalue weighted by Crippen LogP contribution is -2.47. The van der Waals surface area contributed by atoms with Gasteiger partial charge in [-0.15, -0.1) is 0 Å². The summed E-state index contributed by atoms with van der Waals surface area (Å²) in [5.41, 5.74) is 4.81. The van der Waals surface area contributed by atoms with Gasteiger partial charge in [0.05, 0.1) is 11.9 Å². The molecule has 1 saturated heterocycles. The minimum absolute atomic E-state index is 0.329. The Morgan fingerprint density at radius 1 is 1.03 bits per heavy atom. The summed E-state index contributed by atoms with van der Waals surface area (Å²) in [5, 5.41) is 2.88. The quantitative estimate of drug-likeness (QED) is 0.679. The second-order valence-electron chi connectivity index (χ2n) is 8.52. The molecule has 1 N–H and O–H groups in total. The molecule has 1 aliphatic heterocycles. The first-order valence-electron chi connectivity index (χ1n) is 10.8. The first kappa shape index (κ1) is 23.3. The Hall–Kier alpha value is -2.38. The number of anilines is 1. The van der Waals surface area contributed by atoms with Gasteiger partial charge >= 0.3 is 0 Å². The molecule has 1 fully saturated rings. The molecule has 0 aliphatic carbocycles. The molecule has 31 heavy (non-hydrogen) atoms. The van der Waals surface area contributed by atoms with Gasteiger partial charge in [0.15, 0.2) is 0 Å². The van der Waals surface area contributed by atoms with E-state index in [0.717, 1.165) is 42.6 Å². The van der Waals surface area contributed by atoms with Crippen molar-refractivity contribution in [2.45, 2.75) is 52.7 Å². The van der Waals surface area contributed by atoms with E-state index in [1.165, 1.54) is 22.7 Å². The molecule has 6 nitrogen and oxygen atoms in total. The van der Waals surface area contributed by atoms with Crippen molar-refractivity contribution < 1.29 is 13.2 Å². The van der Waals surface area contributed by atoms with Gasteiger partial charge in [0, 0.05) is 13.1 Å². The number of sulfonamides is 1. The van der Waals surface area contributed by atoms with E-state index >= 15 is 0 Å². The summed E-state index contributed by atoms with van der Waals surface area (Å²) in [7, 11) is -3.62. The Morgan fingerprint density at radius 2 is 1.65 bits per heavy atom. The van der Waals surface area contributed by atoms with E-state index in [2.05, 4.69) is 22.3 Å². The maximum Gasteiger partial charge on any atom is 0.243 e. The van der Waals surface area contributed by atoms with E-state index < -0.39 is 16.1 Å². The smallest absolute Gasteiger partial charge is 0.243 e. The van der Waals surface area contributed by atoms with Crippen molar-refractivity contribution in [3.63, 3.8) is 0 Å². The maximum absolute atomic E-state index is 12.8. The lowest BCUT2D eigenvalue weighted by Gasteiger charge is -2.28. The number of nitrogens with one attached hydrogen (secondary N) is 1. The van der Waals surface area contributed by atoms with Crippen molar-refractivity contribution in [3.05, 3.63) is 64.7 Å². The van der Waals surface area contributed by atoms with Gasteiger partial charge in [0.1, 0.15) is 6.04 Å². The third-order valence-electron chi connectivity index (χ3n) is 5.93. The molecule has 2 aromatic carbocycles. The summed E-state index contributed by atoms with van der Waals surface area (Å²) in [4.78, 5) is 15.3. The van der Waals surface area contributed by atoms with E-state index in [1.54, 1.807) is 19.1 Å². The number of hydrogen-bond acceptors (Lipinski definition) is 4. The monoisotopic (exact) mass is 443 g/mol. The van der Waals surface area contributed by atoms with Gasteiger partial charge in [-0.3, -0.25) is 14.0 Å². The first-order valence-corrected chi connectivity index (χ1v) is 12.6. The number of aryl methyl sites for hydroxylation is 2. The zero-order valence-electron chi connectivity index (χ0n) is 18.9. The number of rotatable bonds is 8. The van der Waals surface area contributed by atoms with Crippen LogP contribution < -0.4 is 9.62 Å². The van der Waals surface area contributed by atoms with Gasteiger partial charge in [-0.2, -0.15) is 0 Å². The van der Waals surface area contributed by atoms with Crippen LogP contribution in [-0.4, -0.2) is 44.6 Å². The summed E-state index contributed by atoms with van der Waals surface area (Å²) < 4.78 is 26.1. The fourth-order valence-electron chi connectivity index (χ4n) is 3.97. The number of carbonyl (C=O) groups is 1. The zero-order chi connectivity index (χ0) is 22.6. The largest absolute Gasteiger partial charge is 0.350 e. The van der Waals surface area contributed by atoms with Crippen LogP contribution in [0, 0.1) is 13.8 Å². The van der Waals surface area contributed by atoms with Gasteiger partial charge in [-0.05, 0) is 81.1 Å². The summed E-state index contributed by atoms with van der Waals surface area (Å²) in [5.74, 6) is -0.329. The lowest BCUT2D eigenvalue weighted by atomic mass is 10.1. The highest BCUT2D eigenvalue weighted by molar-refractivity contribution is 7.92. The Labute approximate surface area is 186 Å². The predicted molar refractivity (Wildman–Crippen MR) is 126 cm³/mol. The predicted octanol–water partition coefficient (Wildman–Crippen LogP) is 3.37. The maximum atomic E-state index is 12.8. The molecule has 7 heteroatoms. The Morgan fingerprint density at radius 3 is 2.23 bits per heavy atom. The van der Waals surface area contributed by atoms with Gasteiger partial charge in [0.25, 0.3) is 0 Å². The molecule has 3 rings (SSSR count). The number of nitrogens with zero attached hydrogens (tertiary/aromatic N) is 2. The van der Waals surface area contributed by atoms with Crippen molar-refractivity contribution in [1.29, 1.82) is 0 Å². The molecule has 0 aromatic heterocycles. The molecule has 0 spiro atoms. The van der Waals surface area contributed by atoms with Crippen LogP contribution >= 0.6 is 0 Å². The van der Waals surface area contributed by atoms with E-state index in [-0.39, 0.29) is 5.91 Å². The minimum atomic E-state index is -3.62. The first-order chi connectivity index (χ1) is 14.6. The molecule has 1 aliphatic rings. The van der Waals surface area contributed by atoms with Crippen molar-refractivity contribution >= 4 is 21.6 Å². The minimum Gasteiger partial charge on any atom is -0.350 e. The van der Waals surface area contributed by atoms with Crippen LogP contribution in [0.5, 0.6) is 0 Å². The molecule has 0 unspecified atom stereocenters. The molecule has 0 bridgehead atoms. The van der Waals surface area contributed by atoms with E-state index in [1.807, 2.05) is 32.0 Å². The highest BCUT2D eigenvalue weighted by atomic mass is 32.2. The fourth-order valence-corrected chi connectivity index (χ4v) is 5.14. The summed E-state index contributed by atoms with van der Waals surface area (Å²) in [6.07, 6.45) is 3.68. The molecular formula is C24H33N3O3S. The fraction of sp³-hybridized carbons (Fsp3) is 0.458. The zero-order valence-corrected chi connectivity index (χ0v) is 19.7. The summed E-state index contributed by atoms with van der Waals surface area (Å²) in [6, 6.07) is 12.8. The van der Waals surface area contributed by atoms with Crippen LogP contribution in [0.3, 0.4) is 0 Å². The van der Waals surface area contributed by atoms with Crippen molar-refractivity contribution in [2.24, 2.45) is 0 Å². The number of amides is 1. The van der Waals surface area contributed by atoms with E-state index in [9.17, 15) is 13.2 Å². The van der Waals surface area contributed by atoms with Gasteiger partial charge in [-0.25, -0.2) is 8.42 Å². The molecule has 0 saturated carbocycles. The third kappa shape index (κ3) is 6.08. The van der Waals surface area contributed by atoms with Gasteiger partial charge < -0.3 is 5.32 Å². The topological polar surface area (TPSA) is 69.7 Å². The Balaban J connectivity index is 1.64. The van der Waals surface area contributed by atoms with Gasteiger partial charge in [0.2, 0.25) is 15.9 Å². The van der Waals surface area contributed by atoms with Crippen LogP contribution in [0.4, 0.5) is 5.69 Å². The van der Waals surface area contributed by atoms with Crippen LogP contribution in [0.25, 0.3) is 0 Å². The van der Waals surface area contributed by atoms with Crippen LogP contribution in [0.15, 0.2) is 42.5 Å².